The van der Waals surface area contributed by atoms with Crippen molar-refractivity contribution in [3.05, 3.63) is 45.2 Å². The molecule has 1 aromatic carbocycles. The summed E-state index contributed by atoms with van der Waals surface area (Å²) < 4.78 is 6.87. The van der Waals surface area contributed by atoms with E-state index in [1.807, 2.05) is 20.8 Å². The standard InChI is InChI=1S/C19H23Cl2N3O3/c1-10(2)9-24-17(21)16(12(4)23-24)19(26)27-13(5)18(25)22-15-8-14(20)7-6-11(15)3/h6-8,10,13H,9H2,1-5H3,(H,22,25)/t13-/m0/s1. The minimum absolute atomic E-state index is 0.177. The number of hydrogen-bond donors (Lipinski definition) is 1. The van der Waals surface area contributed by atoms with E-state index in [-0.39, 0.29) is 10.7 Å². The van der Waals surface area contributed by atoms with Crippen LogP contribution in [0.1, 0.15) is 42.4 Å². The Morgan fingerprint density at radius 2 is 1.89 bits per heavy atom. The molecule has 1 aromatic heterocycles. The molecule has 0 radical (unpaired) electrons. The molecule has 0 spiro atoms. The van der Waals surface area contributed by atoms with Gasteiger partial charge < -0.3 is 10.1 Å². The predicted molar refractivity (Wildman–Crippen MR) is 107 cm³/mol. The molecule has 6 nitrogen and oxygen atoms in total. The van der Waals surface area contributed by atoms with E-state index in [9.17, 15) is 9.59 Å². The van der Waals surface area contributed by atoms with Crippen LogP contribution >= 0.6 is 23.2 Å². The first-order valence-corrected chi connectivity index (χ1v) is 9.36. The van der Waals surface area contributed by atoms with E-state index in [1.54, 1.807) is 29.8 Å². The Kier molecular flexibility index (Phi) is 6.89. The predicted octanol–water partition coefficient (Wildman–Crippen LogP) is 4.65. The number of carbonyl (C=O) groups excluding carboxylic acids is 2. The summed E-state index contributed by atoms with van der Waals surface area (Å²) in [5.41, 5.74) is 2.05. The zero-order chi connectivity index (χ0) is 20.3. The molecule has 0 bridgehead atoms. The normalized spacial score (nSPS) is 12.1. The number of nitrogens with zero attached hydrogens (tertiary/aromatic N) is 2. The van der Waals surface area contributed by atoms with Crippen molar-refractivity contribution in [3.63, 3.8) is 0 Å². The van der Waals surface area contributed by atoms with Crippen molar-refractivity contribution in [2.75, 3.05) is 5.32 Å². The van der Waals surface area contributed by atoms with Gasteiger partial charge in [-0.2, -0.15) is 5.10 Å². The van der Waals surface area contributed by atoms with Crippen molar-refractivity contribution in [3.8, 4) is 0 Å². The fourth-order valence-corrected chi connectivity index (χ4v) is 2.98. The van der Waals surface area contributed by atoms with Crippen LogP contribution in [0.5, 0.6) is 0 Å². The van der Waals surface area contributed by atoms with E-state index in [0.29, 0.717) is 28.9 Å². The van der Waals surface area contributed by atoms with Gasteiger partial charge in [-0.05, 0) is 44.4 Å². The van der Waals surface area contributed by atoms with Gasteiger partial charge in [0.15, 0.2) is 6.10 Å². The maximum absolute atomic E-state index is 12.5. The molecule has 2 rings (SSSR count). The molecule has 0 saturated carbocycles. The lowest BCUT2D eigenvalue weighted by Crippen LogP contribution is -2.30. The van der Waals surface area contributed by atoms with Crippen molar-refractivity contribution >= 4 is 40.8 Å². The number of hydrogen-bond acceptors (Lipinski definition) is 4. The fourth-order valence-electron chi connectivity index (χ4n) is 2.49. The summed E-state index contributed by atoms with van der Waals surface area (Å²) in [6.07, 6.45) is -1.01. The quantitative estimate of drug-likeness (QED) is 0.702. The highest BCUT2D eigenvalue weighted by Gasteiger charge is 2.26. The minimum Gasteiger partial charge on any atom is -0.449 e. The minimum atomic E-state index is -1.01. The van der Waals surface area contributed by atoms with Crippen LogP contribution < -0.4 is 5.32 Å². The Morgan fingerprint density at radius 3 is 2.52 bits per heavy atom. The van der Waals surface area contributed by atoms with Gasteiger partial charge >= 0.3 is 5.97 Å². The number of ether oxygens (including phenoxy) is 1. The van der Waals surface area contributed by atoms with Crippen LogP contribution in [0, 0.1) is 19.8 Å². The Hall–Kier alpha value is -2.05. The third-order valence-corrected chi connectivity index (χ3v) is 4.54. The van der Waals surface area contributed by atoms with Crippen LogP contribution in [0.4, 0.5) is 5.69 Å². The van der Waals surface area contributed by atoms with E-state index in [4.69, 9.17) is 27.9 Å². The highest BCUT2D eigenvalue weighted by atomic mass is 35.5. The Labute approximate surface area is 168 Å². The maximum atomic E-state index is 12.5. The van der Waals surface area contributed by atoms with E-state index in [2.05, 4.69) is 10.4 Å². The molecule has 0 fully saturated rings. The third kappa shape index (κ3) is 5.23. The molecular formula is C19H23Cl2N3O3. The molecule has 1 amide bonds. The Bertz CT molecular complexity index is 862. The van der Waals surface area contributed by atoms with Crippen molar-refractivity contribution in [1.82, 2.24) is 9.78 Å². The molecule has 27 heavy (non-hydrogen) atoms. The smallest absolute Gasteiger partial charge is 0.343 e. The number of benzene rings is 1. The average Bonchev–Trinajstić information content (AvgIpc) is 2.83. The number of aryl methyl sites for hydroxylation is 2. The Morgan fingerprint density at radius 1 is 1.22 bits per heavy atom. The molecule has 1 heterocycles. The number of amides is 1. The number of anilines is 1. The molecule has 0 unspecified atom stereocenters. The highest BCUT2D eigenvalue weighted by Crippen LogP contribution is 2.23. The molecule has 0 aliphatic carbocycles. The lowest BCUT2D eigenvalue weighted by Gasteiger charge is -2.15. The molecule has 0 saturated heterocycles. The Balaban J connectivity index is 2.10. The van der Waals surface area contributed by atoms with Crippen LogP contribution in [-0.4, -0.2) is 27.8 Å². The van der Waals surface area contributed by atoms with Gasteiger partial charge in [-0.3, -0.25) is 9.48 Å². The van der Waals surface area contributed by atoms with Crippen LogP contribution in [0.3, 0.4) is 0 Å². The van der Waals surface area contributed by atoms with Gasteiger partial charge in [-0.25, -0.2) is 4.79 Å². The van der Waals surface area contributed by atoms with Crippen molar-refractivity contribution in [1.29, 1.82) is 0 Å². The van der Waals surface area contributed by atoms with E-state index >= 15 is 0 Å². The van der Waals surface area contributed by atoms with Crippen LogP contribution in [-0.2, 0) is 16.1 Å². The molecule has 1 N–H and O–H groups in total. The summed E-state index contributed by atoms with van der Waals surface area (Å²) in [5, 5.41) is 7.71. The van der Waals surface area contributed by atoms with Crippen LogP contribution in [0.25, 0.3) is 0 Å². The second-order valence-electron chi connectivity index (χ2n) is 6.82. The molecule has 8 heteroatoms. The number of aromatic nitrogens is 2. The second-order valence-corrected chi connectivity index (χ2v) is 7.62. The zero-order valence-corrected chi connectivity index (χ0v) is 17.5. The van der Waals surface area contributed by atoms with Crippen LogP contribution in [0.15, 0.2) is 18.2 Å². The van der Waals surface area contributed by atoms with Crippen molar-refractivity contribution < 1.29 is 14.3 Å². The van der Waals surface area contributed by atoms with Crippen LogP contribution in [0.2, 0.25) is 10.2 Å². The average molecular weight is 412 g/mol. The molecule has 1 atom stereocenters. The number of carbonyl (C=O) groups is 2. The van der Waals surface area contributed by atoms with Gasteiger partial charge in [-0.1, -0.05) is 43.1 Å². The summed E-state index contributed by atoms with van der Waals surface area (Å²) in [7, 11) is 0. The summed E-state index contributed by atoms with van der Waals surface area (Å²) in [6, 6.07) is 5.16. The summed E-state index contributed by atoms with van der Waals surface area (Å²) >= 11 is 12.2. The monoisotopic (exact) mass is 411 g/mol. The summed E-state index contributed by atoms with van der Waals surface area (Å²) in [4.78, 5) is 24.9. The molecule has 2 aromatic rings. The van der Waals surface area contributed by atoms with Gasteiger partial charge in [0.1, 0.15) is 10.7 Å². The lowest BCUT2D eigenvalue weighted by atomic mass is 10.2. The van der Waals surface area contributed by atoms with Gasteiger partial charge in [0.2, 0.25) is 0 Å². The van der Waals surface area contributed by atoms with Crippen molar-refractivity contribution in [2.24, 2.45) is 5.92 Å². The highest BCUT2D eigenvalue weighted by molar-refractivity contribution is 6.32. The number of nitrogens with one attached hydrogen (secondary N) is 1. The fraction of sp³-hybridized carbons (Fsp3) is 0.421. The first-order chi connectivity index (χ1) is 12.6. The largest absolute Gasteiger partial charge is 0.449 e. The zero-order valence-electron chi connectivity index (χ0n) is 16.0. The summed E-state index contributed by atoms with van der Waals surface area (Å²) in [5.74, 6) is -0.827. The maximum Gasteiger partial charge on any atom is 0.343 e. The first kappa shape index (κ1) is 21.3. The lowest BCUT2D eigenvalue weighted by molar-refractivity contribution is -0.123. The molecule has 146 valence electrons. The van der Waals surface area contributed by atoms with E-state index < -0.39 is 18.0 Å². The number of halogens is 2. The molecule has 0 aliphatic rings. The van der Waals surface area contributed by atoms with E-state index in [1.165, 1.54) is 6.92 Å². The van der Waals surface area contributed by atoms with Crippen molar-refractivity contribution in [2.45, 2.75) is 47.3 Å². The molecule has 0 aliphatic heterocycles. The van der Waals surface area contributed by atoms with Gasteiger partial charge in [-0.15, -0.1) is 0 Å². The molecular weight excluding hydrogens is 389 g/mol. The van der Waals surface area contributed by atoms with E-state index in [0.717, 1.165) is 5.56 Å². The SMILES string of the molecule is Cc1ccc(Cl)cc1NC(=O)[C@H](C)OC(=O)c1c(C)nn(CC(C)C)c1Cl. The number of esters is 1. The third-order valence-electron chi connectivity index (χ3n) is 3.92. The number of rotatable bonds is 6. The summed E-state index contributed by atoms with van der Waals surface area (Å²) in [6.45, 7) is 9.64. The first-order valence-electron chi connectivity index (χ1n) is 8.61. The topological polar surface area (TPSA) is 73.2 Å². The van der Waals surface area contributed by atoms with Gasteiger partial charge in [0, 0.05) is 17.3 Å². The van der Waals surface area contributed by atoms with Gasteiger partial charge in [0.05, 0.1) is 5.69 Å². The van der Waals surface area contributed by atoms with Gasteiger partial charge in [0.25, 0.3) is 5.91 Å². The second kappa shape index (κ2) is 8.76.